The van der Waals surface area contributed by atoms with E-state index in [0.29, 0.717) is 5.84 Å². The standard InChI is InChI=1S/C11H7N5OS/c1-18-7-5-3-2-4-6(7)9-12-10-8(11(17)13-9)14-16-15-10/h2-5H,1H3. The van der Waals surface area contributed by atoms with E-state index < -0.39 is 5.91 Å². The molecule has 0 radical (unpaired) electrons. The number of amides is 1. The smallest absolute Gasteiger partial charge is 0.265 e. The lowest BCUT2D eigenvalue weighted by Gasteiger charge is -2.09. The molecule has 0 saturated heterocycles. The van der Waals surface area contributed by atoms with Crippen LogP contribution in [-0.2, 0) is 4.79 Å². The van der Waals surface area contributed by atoms with E-state index in [2.05, 4.69) is 25.4 Å². The molecule has 3 rings (SSSR count). The van der Waals surface area contributed by atoms with Crippen LogP contribution in [-0.4, -0.2) is 29.5 Å². The number of hydrogen-bond donors (Lipinski definition) is 0. The van der Waals surface area contributed by atoms with Crippen LogP contribution in [0.1, 0.15) is 5.56 Å². The zero-order valence-electron chi connectivity index (χ0n) is 9.36. The van der Waals surface area contributed by atoms with E-state index >= 15 is 0 Å². The SMILES string of the molecule is CSc1ccccc1C1=NC(=O)C2=NN=NC2=N1. The van der Waals surface area contributed by atoms with Gasteiger partial charge in [0.15, 0.2) is 5.84 Å². The zero-order chi connectivity index (χ0) is 12.5. The average molecular weight is 257 g/mol. The van der Waals surface area contributed by atoms with E-state index in [-0.39, 0.29) is 11.5 Å². The largest absolute Gasteiger partial charge is 0.303 e. The molecule has 88 valence electrons. The minimum Gasteiger partial charge on any atom is -0.265 e. The van der Waals surface area contributed by atoms with E-state index in [4.69, 9.17) is 0 Å². The number of rotatable bonds is 2. The third-order valence-electron chi connectivity index (χ3n) is 2.47. The Morgan fingerprint density at radius 2 is 1.94 bits per heavy atom. The highest BCUT2D eigenvalue weighted by Crippen LogP contribution is 2.22. The van der Waals surface area contributed by atoms with Gasteiger partial charge in [-0.1, -0.05) is 18.2 Å². The van der Waals surface area contributed by atoms with Gasteiger partial charge in [-0.15, -0.1) is 22.0 Å². The fourth-order valence-corrected chi connectivity index (χ4v) is 2.23. The molecule has 2 heterocycles. The van der Waals surface area contributed by atoms with Gasteiger partial charge in [-0.3, -0.25) is 4.79 Å². The Morgan fingerprint density at radius 1 is 1.11 bits per heavy atom. The second-order valence-corrected chi connectivity index (χ2v) is 4.36. The Hall–Kier alpha value is -2.15. The predicted octanol–water partition coefficient (Wildman–Crippen LogP) is 1.92. The topological polar surface area (TPSA) is 78.9 Å². The fraction of sp³-hybridized carbons (Fsp3) is 0.0909. The van der Waals surface area contributed by atoms with Crippen LogP contribution in [0.2, 0.25) is 0 Å². The van der Waals surface area contributed by atoms with Crippen molar-refractivity contribution in [1.82, 2.24) is 0 Å². The van der Waals surface area contributed by atoms with Crippen LogP contribution in [0.5, 0.6) is 0 Å². The van der Waals surface area contributed by atoms with E-state index in [1.807, 2.05) is 30.5 Å². The Morgan fingerprint density at radius 3 is 2.78 bits per heavy atom. The maximum absolute atomic E-state index is 11.7. The number of benzene rings is 1. The molecule has 18 heavy (non-hydrogen) atoms. The molecule has 0 spiro atoms. The summed E-state index contributed by atoms with van der Waals surface area (Å²) in [7, 11) is 0. The van der Waals surface area contributed by atoms with E-state index in [9.17, 15) is 4.79 Å². The quantitative estimate of drug-likeness (QED) is 0.758. The molecule has 1 aromatic rings. The van der Waals surface area contributed by atoms with Crippen LogP contribution in [0.3, 0.4) is 0 Å². The van der Waals surface area contributed by atoms with Crippen molar-refractivity contribution in [2.45, 2.75) is 4.90 Å². The Bertz CT molecular complexity index is 659. The van der Waals surface area contributed by atoms with Crippen molar-refractivity contribution >= 4 is 35.1 Å². The summed E-state index contributed by atoms with van der Waals surface area (Å²) in [5.74, 6) is 0.150. The molecule has 6 nitrogen and oxygen atoms in total. The van der Waals surface area contributed by atoms with Gasteiger partial charge in [0.05, 0.1) is 0 Å². The number of carbonyl (C=O) groups excluding carboxylic acids is 1. The second kappa shape index (κ2) is 4.26. The van der Waals surface area contributed by atoms with Crippen LogP contribution >= 0.6 is 11.8 Å². The first-order chi connectivity index (χ1) is 8.79. The molecule has 7 heteroatoms. The van der Waals surface area contributed by atoms with E-state index in [1.54, 1.807) is 11.8 Å². The summed E-state index contributed by atoms with van der Waals surface area (Å²) in [6.45, 7) is 0. The maximum atomic E-state index is 11.7. The zero-order valence-corrected chi connectivity index (χ0v) is 10.2. The van der Waals surface area contributed by atoms with Crippen molar-refractivity contribution in [2.24, 2.45) is 25.4 Å². The molecular weight excluding hydrogens is 250 g/mol. The van der Waals surface area contributed by atoms with Crippen molar-refractivity contribution in [2.75, 3.05) is 6.26 Å². The highest BCUT2D eigenvalue weighted by atomic mass is 32.2. The molecule has 0 fully saturated rings. The maximum Gasteiger partial charge on any atom is 0.303 e. The molecule has 2 aliphatic heterocycles. The van der Waals surface area contributed by atoms with Gasteiger partial charge in [0.25, 0.3) is 0 Å². The Balaban J connectivity index is 2.11. The molecule has 2 aliphatic rings. The summed E-state index contributed by atoms with van der Waals surface area (Å²) < 4.78 is 0. The van der Waals surface area contributed by atoms with Crippen LogP contribution in [0.4, 0.5) is 0 Å². The third kappa shape index (κ3) is 1.68. The number of thioether (sulfide) groups is 1. The number of amidine groups is 2. The van der Waals surface area contributed by atoms with E-state index in [0.717, 1.165) is 10.5 Å². The molecular formula is C11H7N5OS. The number of carbonyl (C=O) groups is 1. The minimum atomic E-state index is -0.448. The van der Waals surface area contributed by atoms with Crippen molar-refractivity contribution in [3.05, 3.63) is 29.8 Å². The third-order valence-corrected chi connectivity index (χ3v) is 3.26. The molecule has 0 N–H and O–H groups in total. The summed E-state index contributed by atoms with van der Waals surface area (Å²) in [6.07, 6.45) is 1.96. The highest BCUT2D eigenvalue weighted by Gasteiger charge is 2.28. The van der Waals surface area contributed by atoms with Crippen LogP contribution in [0.25, 0.3) is 0 Å². The molecule has 1 aromatic carbocycles. The van der Waals surface area contributed by atoms with Gasteiger partial charge in [-0.25, -0.2) is 4.99 Å². The van der Waals surface area contributed by atoms with Gasteiger partial charge in [-0.05, 0) is 17.5 Å². The van der Waals surface area contributed by atoms with E-state index in [1.165, 1.54) is 0 Å². The predicted molar refractivity (Wildman–Crippen MR) is 69.5 cm³/mol. The van der Waals surface area contributed by atoms with Crippen molar-refractivity contribution in [1.29, 1.82) is 0 Å². The van der Waals surface area contributed by atoms with Crippen molar-refractivity contribution < 1.29 is 4.79 Å². The summed E-state index contributed by atoms with van der Waals surface area (Å²) in [5.41, 5.74) is 0.924. The van der Waals surface area contributed by atoms with Crippen molar-refractivity contribution in [3.63, 3.8) is 0 Å². The Kier molecular flexibility index (Phi) is 2.60. The first kappa shape index (κ1) is 11.0. The number of fused-ring (bicyclic) bond motifs is 1. The minimum absolute atomic E-state index is 0.111. The number of nitrogens with zero attached hydrogens (tertiary/aromatic N) is 5. The summed E-state index contributed by atoms with van der Waals surface area (Å²) >= 11 is 1.57. The monoisotopic (exact) mass is 257 g/mol. The second-order valence-electron chi connectivity index (χ2n) is 3.51. The van der Waals surface area contributed by atoms with Gasteiger partial charge in [0.2, 0.25) is 11.5 Å². The summed E-state index contributed by atoms with van der Waals surface area (Å²) in [5, 5.41) is 10.7. The van der Waals surface area contributed by atoms with Crippen molar-refractivity contribution in [3.8, 4) is 0 Å². The average Bonchev–Trinajstić information content (AvgIpc) is 2.87. The van der Waals surface area contributed by atoms with Gasteiger partial charge in [0.1, 0.15) is 0 Å². The van der Waals surface area contributed by atoms with Crippen LogP contribution in [0, 0.1) is 0 Å². The summed E-state index contributed by atoms with van der Waals surface area (Å²) in [6, 6.07) is 7.63. The molecule has 0 aromatic heterocycles. The van der Waals surface area contributed by atoms with Crippen LogP contribution < -0.4 is 0 Å². The number of aliphatic imine (C=N–C) groups is 2. The molecule has 0 bridgehead atoms. The normalized spacial score (nSPS) is 17.2. The van der Waals surface area contributed by atoms with Gasteiger partial charge in [-0.2, -0.15) is 4.99 Å². The number of hydrogen-bond acceptors (Lipinski definition) is 6. The lowest BCUT2D eigenvalue weighted by molar-refractivity contribution is -0.111. The molecule has 0 aliphatic carbocycles. The van der Waals surface area contributed by atoms with Gasteiger partial charge >= 0.3 is 5.91 Å². The first-order valence-corrected chi connectivity index (χ1v) is 6.36. The van der Waals surface area contributed by atoms with Gasteiger partial charge in [0, 0.05) is 10.5 Å². The first-order valence-electron chi connectivity index (χ1n) is 5.14. The van der Waals surface area contributed by atoms with Gasteiger partial charge < -0.3 is 0 Å². The fourth-order valence-electron chi connectivity index (χ4n) is 1.64. The lowest BCUT2D eigenvalue weighted by atomic mass is 10.2. The molecule has 0 unspecified atom stereocenters. The Labute approximate surface area is 107 Å². The highest BCUT2D eigenvalue weighted by molar-refractivity contribution is 7.98. The molecule has 1 amide bonds. The lowest BCUT2D eigenvalue weighted by Crippen LogP contribution is -2.26. The molecule has 0 saturated carbocycles. The summed E-state index contributed by atoms with van der Waals surface area (Å²) in [4.78, 5) is 20.9. The van der Waals surface area contributed by atoms with Crippen LogP contribution in [0.15, 0.2) is 54.6 Å². The molecule has 0 atom stereocenters.